The van der Waals surface area contributed by atoms with Crippen LogP contribution in [0.5, 0.6) is 0 Å². The Bertz CT molecular complexity index is 703. The summed E-state index contributed by atoms with van der Waals surface area (Å²) < 4.78 is 0. The molecule has 0 saturated heterocycles. The average Bonchev–Trinajstić information content (AvgIpc) is 2.85. The number of aromatic amines is 1. The van der Waals surface area contributed by atoms with Crippen LogP contribution in [0.15, 0.2) is 16.2 Å². The van der Waals surface area contributed by atoms with Crippen LogP contribution in [0.25, 0.3) is 0 Å². The molecule has 5 nitrogen and oxygen atoms in total. The molecule has 0 atom stereocenters. The van der Waals surface area contributed by atoms with Crippen LogP contribution in [0.4, 0.5) is 0 Å². The van der Waals surface area contributed by atoms with Crippen LogP contribution >= 0.6 is 11.3 Å². The van der Waals surface area contributed by atoms with E-state index in [1.807, 2.05) is 32.2 Å². The number of amides is 1. The number of aryl methyl sites for hydroxylation is 3. The molecule has 6 heteroatoms. The molecule has 0 fully saturated rings. The molecule has 2 heterocycles. The van der Waals surface area contributed by atoms with Crippen LogP contribution in [0.3, 0.4) is 0 Å². The zero-order chi connectivity index (χ0) is 15.4. The van der Waals surface area contributed by atoms with Crippen molar-refractivity contribution in [3.8, 4) is 0 Å². The van der Waals surface area contributed by atoms with Crippen molar-refractivity contribution in [3.05, 3.63) is 49.3 Å². The summed E-state index contributed by atoms with van der Waals surface area (Å²) in [6.45, 7) is 5.99. The Labute approximate surface area is 127 Å². The lowest BCUT2D eigenvalue weighted by molar-refractivity contribution is -0.120. The fourth-order valence-corrected chi connectivity index (χ4v) is 2.85. The second-order valence-electron chi connectivity index (χ2n) is 4.98. The highest BCUT2D eigenvalue weighted by atomic mass is 32.1. The molecule has 0 unspecified atom stereocenters. The number of hydrogen-bond donors (Lipinski definition) is 2. The topological polar surface area (TPSA) is 74.8 Å². The van der Waals surface area contributed by atoms with E-state index in [2.05, 4.69) is 15.3 Å². The van der Waals surface area contributed by atoms with Gasteiger partial charge < -0.3 is 10.3 Å². The third-order valence-electron chi connectivity index (χ3n) is 3.20. The Morgan fingerprint density at radius 3 is 2.81 bits per heavy atom. The van der Waals surface area contributed by atoms with E-state index in [9.17, 15) is 9.59 Å². The first-order valence-corrected chi connectivity index (χ1v) is 7.77. The number of carbonyl (C=O) groups is 1. The molecule has 1 amide bonds. The summed E-state index contributed by atoms with van der Waals surface area (Å²) in [5.41, 5.74) is 2.95. The van der Waals surface area contributed by atoms with Gasteiger partial charge in [-0.05, 0) is 31.9 Å². The molecule has 21 heavy (non-hydrogen) atoms. The maximum Gasteiger partial charge on any atom is 0.253 e. The van der Waals surface area contributed by atoms with Crippen molar-refractivity contribution in [1.82, 2.24) is 15.3 Å². The van der Waals surface area contributed by atoms with Gasteiger partial charge in [-0.2, -0.15) is 0 Å². The van der Waals surface area contributed by atoms with Crippen molar-refractivity contribution in [1.29, 1.82) is 0 Å². The van der Waals surface area contributed by atoms with E-state index in [4.69, 9.17) is 0 Å². The van der Waals surface area contributed by atoms with Gasteiger partial charge in [0.2, 0.25) is 5.91 Å². The molecule has 2 aromatic heterocycles. The lowest BCUT2D eigenvalue weighted by Gasteiger charge is -2.07. The minimum Gasteiger partial charge on any atom is -0.351 e. The SMILES string of the molecule is CCc1nc(CC(=O)NCc2c(C)cc(C)[nH]c2=O)cs1. The van der Waals surface area contributed by atoms with Gasteiger partial charge in [0.25, 0.3) is 5.56 Å². The summed E-state index contributed by atoms with van der Waals surface area (Å²) in [5.74, 6) is -0.123. The summed E-state index contributed by atoms with van der Waals surface area (Å²) in [4.78, 5) is 30.9. The molecule has 0 bridgehead atoms. The van der Waals surface area contributed by atoms with Crippen LogP contribution in [-0.4, -0.2) is 15.9 Å². The Morgan fingerprint density at radius 2 is 2.19 bits per heavy atom. The highest BCUT2D eigenvalue weighted by Crippen LogP contribution is 2.10. The van der Waals surface area contributed by atoms with Crippen molar-refractivity contribution < 1.29 is 4.79 Å². The van der Waals surface area contributed by atoms with E-state index >= 15 is 0 Å². The van der Waals surface area contributed by atoms with E-state index in [-0.39, 0.29) is 24.4 Å². The average molecular weight is 305 g/mol. The van der Waals surface area contributed by atoms with Gasteiger partial charge in [0.05, 0.1) is 17.1 Å². The molecule has 2 aromatic rings. The van der Waals surface area contributed by atoms with E-state index in [1.165, 1.54) is 0 Å². The zero-order valence-corrected chi connectivity index (χ0v) is 13.3. The van der Waals surface area contributed by atoms with Crippen molar-refractivity contribution in [2.24, 2.45) is 0 Å². The Hall–Kier alpha value is -1.95. The summed E-state index contributed by atoms with van der Waals surface area (Å²) in [6, 6.07) is 1.90. The molecule has 0 spiro atoms. The first-order chi connectivity index (χ1) is 9.99. The second-order valence-corrected chi connectivity index (χ2v) is 5.93. The third kappa shape index (κ3) is 4.01. The minimum absolute atomic E-state index is 0.123. The van der Waals surface area contributed by atoms with Crippen molar-refractivity contribution in [3.63, 3.8) is 0 Å². The van der Waals surface area contributed by atoms with Crippen molar-refractivity contribution in [2.75, 3.05) is 0 Å². The number of pyridine rings is 1. The summed E-state index contributed by atoms with van der Waals surface area (Å²) in [5, 5.41) is 5.72. The van der Waals surface area contributed by atoms with E-state index in [0.717, 1.165) is 28.4 Å². The monoisotopic (exact) mass is 305 g/mol. The van der Waals surface area contributed by atoms with Gasteiger partial charge in [0, 0.05) is 23.2 Å². The molecule has 0 saturated carbocycles. The van der Waals surface area contributed by atoms with Crippen molar-refractivity contribution >= 4 is 17.2 Å². The predicted molar refractivity (Wildman–Crippen MR) is 83.6 cm³/mol. The smallest absolute Gasteiger partial charge is 0.253 e. The molecule has 0 aliphatic rings. The molecule has 2 rings (SSSR count). The van der Waals surface area contributed by atoms with Crippen LogP contribution in [0.2, 0.25) is 0 Å². The van der Waals surface area contributed by atoms with Crippen LogP contribution in [0.1, 0.15) is 34.4 Å². The third-order valence-corrected chi connectivity index (χ3v) is 4.24. The van der Waals surface area contributed by atoms with Crippen molar-refractivity contribution in [2.45, 2.75) is 40.2 Å². The lowest BCUT2D eigenvalue weighted by atomic mass is 10.1. The highest BCUT2D eigenvalue weighted by Gasteiger charge is 2.10. The van der Waals surface area contributed by atoms with Gasteiger partial charge in [-0.15, -0.1) is 11.3 Å². The Kier molecular flexibility index (Phi) is 4.90. The minimum atomic E-state index is -0.144. The van der Waals surface area contributed by atoms with Gasteiger partial charge in [0.1, 0.15) is 0 Å². The number of hydrogen-bond acceptors (Lipinski definition) is 4. The summed E-state index contributed by atoms with van der Waals surface area (Å²) in [6.07, 6.45) is 1.13. The predicted octanol–water partition coefficient (Wildman–Crippen LogP) is 1.87. The highest BCUT2D eigenvalue weighted by molar-refractivity contribution is 7.09. The largest absolute Gasteiger partial charge is 0.351 e. The molecule has 0 aliphatic heterocycles. The van der Waals surface area contributed by atoms with Gasteiger partial charge in [-0.25, -0.2) is 4.98 Å². The number of aromatic nitrogens is 2. The van der Waals surface area contributed by atoms with E-state index < -0.39 is 0 Å². The number of rotatable bonds is 5. The zero-order valence-electron chi connectivity index (χ0n) is 12.4. The fourth-order valence-electron chi connectivity index (χ4n) is 2.11. The number of thiazole rings is 1. The standard InChI is InChI=1S/C15H19N3O2S/c1-4-14-18-11(8-21-14)6-13(19)16-7-12-9(2)5-10(3)17-15(12)20/h5,8H,4,6-7H2,1-3H3,(H,16,19)(H,17,20). The van der Waals surface area contributed by atoms with Crippen LogP contribution in [-0.2, 0) is 24.2 Å². The Balaban J connectivity index is 1.97. The number of nitrogens with one attached hydrogen (secondary N) is 2. The first kappa shape index (κ1) is 15.4. The van der Waals surface area contributed by atoms with Crippen LogP contribution in [0, 0.1) is 13.8 Å². The van der Waals surface area contributed by atoms with Crippen LogP contribution < -0.4 is 10.9 Å². The number of H-pyrrole nitrogens is 1. The number of nitrogens with zero attached hydrogens (tertiary/aromatic N) is 1. The van der Waals surface area contributed by atoms with E-state index in [1.54, 1.807) is 11.3 Å². The van der Waals surface area contributed by atoms with Gasteiger partial charge >= 0.3 is 0 Å². The number of carbonyl (C=O) groups excluding carboxylic acids is 1. The molecule has 2 N–H and O–H groups in total. The Morgan fingerprint density at radius 1 is 1.43 bits per heavy atom. The normalized spacial score (nSPS) is 10.6. The molecule has 0 radical (unpaired) electrons. The van der Waals surface area contributed by atoms with Gasteiger partial charge in [-0.3, -0.25) is 9.59 Å². The van der Waals surface area contributed by atoms with E-state index in [0.29, 0.717) is 5.56 Å². The molecule has 0 aromatic carbocycles. The van der Waals surface area contributed by atoms with Gasteiger partial charge in [-0.1, -0.05) is 6.92 Å². The second kappa shape index (κ2) is 6.67. The molecule has 112 valence electrons. The summed E-state index contributed by atoms with van der Waals surface area (Å²) >= 11 is 1.57. The maximum atomic E-state index is 11.9. The lowest BCUT2D eigenvalue weighted by Crippen LogP contribution is -2.29. The molecule has 0 aliphatic carbocycles. The quantitative estimate of drug-likeness (QED) is 0.885. The maximum absolute atomic E-state index is 11.9. The summed E-state index contributed by atoms with van der Waals surface area (Å²) in [7, 11) is 0. The fraction of sp³-hybridized carbons (Fsp3) is 0.400. The molecular weight excluding hydrogens is 286 g/mol. The first-order valence-electron chi connectivity index (χ1n) is 6.89. The van der Waals surface area contributed by atoms with Gasteiger partial charge in [0.15, 0.2) is 0 Å². The molecular formula is C15H19N3O2S.